The molecule has 1 saturated carbocycles. The van der Waals surface area contributed by atoms with Gasteiger partial charge in [0.25, 0.3) is 0 Å². The van der Waals surface area contributed by atoms with Crippen molar-refractivity contribution in [3.63, 3.8) is 0 Å². The number of carbonyl (C=O) groups is 3. The molecule has 5 nitrogen and oxygen atoms in total. The predicted molar refractivity (Wildman–Crippen MR) is 95.9 cm³/mol. The Hall–Kier alpha value is -1.49. The van der Waals surface area contributed by atoms with E-state index in [1.54, 1.807) is 6.08 Å². The number of aliphatic hydroxyl groups excluding tert-OH is 1. The number of methoxy groups -OCH3 is 1. The summed E-state index contributed by atoms with van der Waals surface area (Å²) in [5.41, 5.74) is 0. The van der Waals surface area contributed by atoms with Crippen LogP contribution in [-0.4, -0.2) is 35.9 Å². The van der Waals surface area contributed by atoms with Gasteiger partial charge in [0.1, 0.15) is 5.78 Å². The quantitative estimate of drug-likeness (QED) is 0.351. The van der Waals surface area contributed by atoms with Crippen molar-refractivity contribution in [3.05, 3.63) is 12.2 Å². The first kappa shape index (κ1) is 21.6. The Balaban J connectivity index is 2.56. The molecule has 0 radical (unpaired) electrons. The molecule has 0 aromatic heterocycles. The number of ketones is 2. The van der Waals surface area contributed by atoms with Gasteiger partial charge in [-0.05, 0) is 31.3 Å². The lowest BCUT2D eigenvalue weighted by Crippen LogP contribution is -2.20. The highest BCUT2D eigenvalue weighted by Crippen LogP contribution is 2.35. The second-order valence-electron chi connectivity index (χ2n) is 7.17. The van der Waals surface area contributed by atoms with Crippen molar-refractivity contribution in [2.24, 2.45) is 17.8 Å². The van der Waals surface area contributed by atoms with E-state index >= 15 is 0 Å². The number of Topliss-reactive ketones (excluding diaryl/α,β-unsaturated/α-hetero) is 1. The van der Waals surface area contributed by atoms with E-state index in [0.29, 0.717) is 25.7 Å². The Kier molecular flexibility index (Phi) is 9.65. The summed E-state index contributed by atoms with van der Waals surface area (Å²) in [4.78, 5) is 35.4. The van der Waals surface area contributed by atoms with E-state index in [0.717, 1.165) is 19.3 Å². The molecule has 1 fully saturated rings. The topological polar surface area (TPSA) is 80.7 Å². The molecule has 0 bridgehead atoms. The number of allylic oxidation sites excluding steroid dienone is 1. The molecule has 0 heterocycles. The molecule has 0 saturated heterocycles. The van der Waals surface area contributed by atoms with Crippen LogP contribution in [0.3, 0.4) is 0 Å². The maximum absolute atomic E-state index is 12.2. The van der Waals surface area contributed by atoms with Gasteiger partial charge in [0, 0.05) is 31.1 Å². The van der Waals surface area contributed by atoms with Crippen LogP contribution in [0.2, 0.25) is 0 Å². The molecule has 0 aromatic rings. The van der Waals surface area contributed by atoms with Gasteiger partial charge < -0.3 is 9.84 Å². The van der Waals surface area contributed by atoms with E-state index in [4.69, 9.17) is 0 Å². The van der Waals surface area contributed by atoms with Gasteiger partial charge in [0.05, 0.1) is 13.2 Å². The van der Waals surface area contributed by atoms with Crippen molar-refractivity contribution in [2.45, 2.75) is 71.3 Å². The minimum absolute atomic E-state index is 0.0471. The summed E-state index contributed by atoms with van der Waals surface area (Å²) in [5, 5.41) is 10.1. The highest BCUT2D eigenvalue weighted by molar-refractivity contribution is 5.90. The molecule has 5 heteroatoms. The largest absolute Gasteiger partial charge is 0.469 e. The number of hydrogen-bond donors (Lipinski definition) is 1. The molecule has 4 unspecified atom stereocenters. The SMILES string of the molecule is CCCCCC(=O)C=CC1C(O)CC(=O)C1CCC(C)CC(=O)OC. The van der Waals surface area contributed by atoms with Crippen LogP contribution in [0, 0.1) is 17.8 Å². The number of ether oxygens (including phenoxy) is 1. The Morgan fingerprint density at radius 3 is 2.72 bits per heavy atom. The van der Waals surface area contributed by atoms with Gasteiger partial charge >= 0.3 is 5.97 Å². The third-order valence-electron chi connectivity index (χ3n) is 4.98. The molecule has 0 spiro atoms. The van der Waals surface area contributed by atoms with Crippen LogP contribution in [0.5, 0.6) is 0 Å². The van der Waals surface area contributed by atoms with Gasteiger partial charge in [-0.2, -0.15) is 0 Å². The molecule has 1 N–H and O–H groups in total. The minimum atomic E-state index is -0.715. The first-order valence-corrected chi connectivity index (χ1v) is 9.37. The van der Waals surface area contributed by atoms with Gasteiger partial charge in [0.2, 0.25) is 0 Å². The van der Waals surface area contributed by atoms with Crippen molar-refractivity contribution in [1.82, 2.24) is 0 Å². The number of carbonyl (C=O) groups excluding carboxylic acids is 3. The van der Waals surface area contributed by atoms with Crippen molar-refractivity contribution < 1.29 is 24.2 Å². The zero-order valence-corrected chi connectivity index (χ0v) is 15.7. The number of unbranched alkanes of at least 4 members (excludes halogenated alkanes) is 2. The first-order valence-electron chi connectivity index (χ1n) is 9.37. The van der Waals surface area contributed by atoms with Crippen molar-refractivity contribution in [3.8, 4) is 0 Å². The fourth-order valence-electron chi connectivity index (χ4n) is 3.38. The Bertz CT molecular complexity index is 482. The second-order valence-corrected chi connectivity index (χ2v) is 7.17. The lowest BCUT2D eigenvalue weighted by molar-refractivity contribution is -0.141. The van der Waals surface area contributed by atoms with Gasteiger partial charge in [-0.3, -0.25) is 14.4 Å². The van der Waals surface area contributed by atoms with Gasteiger partial charge in [0.15, 0.2) is 5.78 Å². The molecule has 142 valence electrons. The molecule has 0 aliphatic heterocycles. The van der Waals surface area contributed by atoms with Crippen LogP contribution in [0.1, 0.15) is 65.2 Å². The summed E-state index contributed by atoms with van der Waals surface area (Å²) in [7, 11) is 1.37. The average Bonchev–Trinajstić information content (AvgIpc) is 2.84. The lowest BCUT2D eigenvalue weighted by Gasteiger charge is -2.19. The van der Waals surface area contributed by atoms with Crippen LogP contribution in [0.15, 0.2) is 12.2 Å². The van der Waals surface area contributed by atoms with Crippen LogP contribution < -0.4 is 0 Å². The van der Waals surface area contributed by atoms with Crippen molar-refractivity contribution in [2.75, 3.05) is 7.11 Å². The number of rotatable bonds is 11. The minimum Gasteiger partial charge on any atom is -0.469 e. The van der Waals surface area contributed by atoms with E-state index in [1.807, 2.05) is 6.92 Å². The van der Waals surface area contributed by atoms with Crippen LogP contribution in [0.4, 0.5) is 0 Å². The monoisotopic (exact) mass is 352 g/mol. The Morgan fingerprint density at radius 1 is 1.36 bits per heavy atom. The van der Waals surface area contributed by atoms with E-state index < -0.39 is 6.10 Å². The first-order chi connectivity index (χ1) is 11.9. The van der Waals surface area contributed by atoms with E-state index in [2.05, 4.69) is 11.7 Å². The van der Waals surface area contributed by atoms with E-state index in [-0.39, 0.29) is 41.7 Å². The molecule has 1 aliphatic carbocycles. The smallest absolute Gasteiger partial charge is 0.305 e. The molecular weight excluding hydrogens is 320 g/mol. The number of aliphatic hydroxyl groups is 1. The molecule has 4 atom stereocenters. The summed E-state index contributed by atoms with van der Waals surface area (Å²) in [5.74, 6) is -0.593. The normalized spacial score (nSPS) is 24.6. The third kappa shape index (κ3) is 7.51. The predicted octanol–water partition coefficient (Wildman–Crippen LogP) is 3.24. The van der Waals surface area contributed by atoms with Crippen molar-refractivity contribution in [1.29, 1.82) is 0 Å². The fourth-order valence-corrected chi connectivity index (χ4v) is 3.38. The molecule has 1 aliphatic rings. The summed E-state index contributed by atoms with van der Waals surface area (Å²) in [6.45, 7) is 4.04. The molecular formula is C20H32O5. The van der Waals surface area contributed by atoms with E-state index in [1.165, 1.54) is 13.2 Å². The Labute approximate surface area is 150 Å². The molecule has 0 aromatic carbocycles. The average molecular weight is 352 g/mol. The third-order valence-corrected chi connectivity index (χ3v) is 4.98. The zero-order chi connectivity index (χ0) is 18.8. The fraction of sp³-hybridized carbons (Fsp3) is 0.750. The van der Waals surface area contributed by atoms with Gasteiger partial charge in [-0.15, -0.1) is 0 Å². The summed E-state index contributed by atoms with van der Waals surface area (Å²) in [6, 6.07) is 0. The van der Waals surface area contributed by atoms with Crippen LogP contribution in [0.25, 0.3) is 0 Å². The van der Waals surface area contributed by atoms with E-state index in [9.17, 15) is 19.5 Å². The number of hydrogen-bond acceptors (Lipinski definition) is 5. The second kappa shape index (κ2) is 11.2. The van der Waals surface area contributed by atoms with Crippen LogP contribution in [-0.2, 0) is 19.1 Å². The summed E-state index contributed by atoms with van der Waals surface area (Å²) >= 11 is 0. The van der Waals surface area contributed by atoms with Gasteiger partial charge in [-0.25, -0.2) is 0 Å². The summed E-state index contributed by atoms with van der Waals surface area (Å²) in [6.07, 6.45) is 7.84. The van der Waals surface area contributed by atoms with Gasteiger partial charge in [-0.1, -0.05) is 32.8 Å². The molecule has 25 heavy (non-hydrogen) atoms. The maximum Gasteiger partial charge on any atom is 0.305 e. The zero-order valence-electron chi connectivity index (χ0n) is 15.7. The standard InChI is InChI=1S/C20H32O5/c1-4-5-6-7-15(21)9-11-17-16(18(22)13-19(17)23)10-8-14(2)12-20(24)25-3/h9,11,14,16-17,19,23H,4-8,10,12-13H2,1-3H3. The molecule has 0 amide bonds. The highest BCUT2D eigenvalue weighted by atomic mass is 16.5. The van der Waals surface area contributed by atoms with Crippen LogP contribution >= 0.6 is 0 Å². The number of esters is 1. The maximum atomic E-state index is 12.2. The summed E-state index contributed by atoms with van der Waals surface area (Å²) < 4.78 is 4.66. The molecule has 1 rings (SSSR count). The van der Waals surface area contributed by atoms with Crippen molar-refractivity contribution >= 4 is 17.5 Å². The lowest BCUT2D eigenvalue weighted by atomic mass is 9.86. The Morgan fingerprint density at radius 2 is 2.08 bits per heavy atom. The highest BCUT2D eigenvalue weighted by Gasteiger charge is 2.39.